The highest BCUT2D eigenvalue weighted by atomic mass is 32.1. The van der Waals surface area contributed by atoms with E-state index in [0.717, 1.165) is 25.7 Å². The van der Waals surface area contributed by atoms with Gasteiger partial charge in [-0.25, -0.2) is 0 Å². The lowest BCUT2D eigenvalue weighted by Crippen LogP contribution is -2.30. The lowest BCUT2D eigenvalue weighted by atomic mass is 9.80. The zero-order chi connectivity index (χ0) is 15.9. The Kier molecular flexibility index (Phi) is 4.02. The molecule has 0 amide bonds. The number of carbonyl (C=O) groups excluding carboxylic acids is 1. The molecule has 3 rings (SSSR count). The lowest BCUT2D eigenvalue weighted by Gasteiger charge is -2.29. The molecule has 0 aromatic carbocycles. The Labute approximate surface area is 135 Å². The van der Waals surface area contributed by atoms with Crippen molar-refractivity contribution in [1.82, 2.24) is 9.78 Å². The lowest BCUT2D eigenvalue weighted by molar-refractivity contribution is -0.161. The minimum Gasteiger partial charge on any atom is -0.460 e. The number of carbonyl (C=O) groups is 1. The van der Waals surface area contributed by atoms with Crippen LogP contribution in [0.15, 0.2) is 11.4 Å². The largest absolute Gasteiger partial charge is 0.460 e. The van der Waals surface area contributed by atoms with Crippen molar-refractivity contribution >= 4 is 27.5 Å². The predicted octanol–water partition coefficient (Wildman–Crippen LogP) is 4.25. The molecule has 0 saturated heterocycles. The first-order valence-corrected chi connectivity index (χ1v) is 8.86. The number of aryl methyl sites for hydroxylation is 1. The zero-order valence-electron chi connectivity index (χ0n) is 13.8. The SMILES string of the molecule is Cn1nc(C2CCC(C(=O)OC(C)(C)C)CC2)c2sccc21. The molecule has 120 valence electrons. The zero-order valence-corrected chi connectivity index (χ0v) is 14.6. The summed E-state index contributed by atoms with van der Waals surface area (Å²) in [5, 5.41) is 6.84. The molecule has 4 nitrogen and oxygen atoms in total. The molecule has 0 spiro atoms. The normalized spacial score (nSPS) is 22.9. The van der Waals surface area contributed by atoms with E-state index in [1.807, 2.05) is 32.5 Å². The third-order valence-electron chi connectivity index (χ3n) is 4.34. The molecular formula is C17H24N2O2S. The third-order valence-corrected chi connectivity index (χ3v) is 5.26. The van der Waals surface area contributed by atoms with E-state index in [9.17, 15) is 4.79 Å². The van der Waals surface area contributed by atoms with Gasteiger partial charge in [0.2, 0.25) is 0 Å². The molecule has 22 heavy (non-hydrogen) atoms. The maximum absolute atomic E-state index is 12.2. The molecular weight excluding hydrogens is 296 g/mol. The van der Waals surface area contributed by atoms with Gasteiger partial charge in [0.1, 0.15) is 5.60 Å². The van der Waals surface area contributed by atoms with Gasteiger partial charge in [-0.3, -0.25) is 9.48 Å². The Morgan fingerprint density at radius 3 is 2.64 bits per heavy atom. The van der Waals surface area contributed by atoms with Crippen LogP contribution in [0.25, 0.3) is 10.2 Å². The second kappa shape index (κ2) is 5.69. The molecule has 1 aliphatic rings. The van der Waals surface area contributed by atoms with Crippen LogP contribution in [0.3, 0.4) is 0 Å². The first-order chi connectivity index (χ1) is 10.3. The number of aromatic nitrogens is 2. The van der Waals surface area contributed by atoms with Crippen LogP contribution in [0.2, 0.25) is 0 Å². The van der Waals surface area contributed by atoms with Crippen LogP contribution in [0.5, 0.6) is 0 Å². The number of esters is 1. The summed E-state index contributed by atoms with van der Waals surface area (Å²) in [6.07, 6.45) is 3.86. The Hall–Kier alpha value is -1.36. The topological polar surface area (TPSA) is 44.1 Å². The van der Waals surface area contributed by atoms with Gasteiger partial charge in [0.25, 0.3) is 0 Å². The van der Waals surface area contributed by atoms with Gasteiger partial charge in [-0.05, 0) is 57.9 Å². The first-order valence-electron chi connectivity index (χ1n) is 7.98. The Balaban J connectivity index is 1.67. The standard InChI is InChI=1S/C17H24N2O2S/c1-17(2,3)21-16(20)12-7-5-11(6-8-12)14-15-13(9-10-22-15)19(4)18-14/h9-12H,5-8H2,1-4H3. The van der Waals surface area contributed by atoms with Gasteiger partial charge < -0.3 is 4.74 Å². The maximum atomic E-state index is 12.2. The highest BCUT2D eigenvalue weighted by Gasteiger charge is 2.32. The summed E-state index contributed by atoms with van der Waals surface area (Å²) in [6.45, 7) is 5.79. The molecule has 0 atom stereocenters. The molecule has 1 saturated carbocycles. The number of hydrogen-bond donors (Lipinski definition) is 0. The third kappa shape index (κ3) is 3.05. The van der Waals surface area contributed by atoms with E-state index in [-0.39, 0.29) is 11.9 Å². The molecule has 2 heterocycles. The minimum atomic E-state index is -0.391. The van der Waals surface area contributed by atoms with Crippen molar-refractivity contribution in [1.29, 1.82) is 0 Å². The summed E-state index contributed by atoms with van der Waals surface area (Å²) < 4.78 is 8.81. The fourth-order valence-corrected chi connectivity index (χ4v) is 4.25. The summed E-state index contributed by atoms with van der Waals surface area (Å²) in [5.74, 6) is 0.493. The van der Waals surface area contributed by atoms with Crippen molar-refractivity contribution in [2.24, 2.45) is 13.0 Å². The van der Waals surface area contributed by atoms with E-state index in [2.05, 4.69) is 11.4 Å². The molecule has 2 aromatic rings. The van der Waals surface area contributed by atoms with Crippen molar-refractivity contribution in [3.8, 4) is 0 Å². The van der Waals surface area contributed by atoms with Crippen molar-refractivity contribution < 1.29 is 9.53 Å². The monoisotopic (exact) mass is 320 g/mol. The second-order valence-corrected chi connectivity index (χ2v) is 8.14. The Morgan fingerprint density at radius 1 is 1.32 bits per heavy atom. The van der Waals surface area contributed by atoms with Crippen LogP contribution in [0.4, 0.5) is 0 Å². The van der Waals surface area contributed by atoms with E-state index >= 15 is 0 Å². The van der Waals surface area contributed by atoms with Crippen LogP contribution in [0, 0.1) is 5.92 Å². The van der Waals surface area contributed by atoms with Crippen LogP contribution in [-0.4, -0.2) is 21.4 Å². The molecule has 1 fully saturated rings. The highest BCUT2D eigenvalue weighted by Crippen LogP contribution is 2.40. The average Bonchev–Trinajstić information content (AvgIpc) is 3.02. The van der Waals surface area contributed by atoms with E-state index in [4.69, 9.17) is 9.84 Å². The maximum Gasteiger partial charge on any atom is 0.309 e. The number of hydrogen-bond acceptors (Lipinski definition) is 4. The molecule has 0 unspecified atom stereocenters. The highest BCUT2D eigenvalue weighted by molar-refractivity contribution is 7.17. The summed E-state index contributed by atoms with van der Waals surface area (Å²) in [5.41, 5.74) is 2.04. The summed E-state index contributed by atoms with van der Waals surface area (Å²) in [7, 11) is 2.00. The smallest absolute Gasteiger partial charge is 0.309 e. The van der Waals surface area contributed by atoms with Gasteiger partial charge in [0, 0.05) is 13.0 Å². The fourth-order valence-electron chi connectivity index (χ4n) is 3.26. The van der Waals surface area contributed by atoms with E-state index < -0.39 is 5.60 Å². The van der Waals surface area contributed by atoms with Crippen LogP contribution >= 0.6 is 11.3 Å². The van der Waals surface area contributed by atoms with Crippen molar-refractivity contribution in [3.05, 3.63) is 17.1 Å². The molecule has 2 aromatic heterocycles. The van der Waals surface area contributed by atoms with Gasteiger partial charge in [0.15, 0.2) is 0 Å². The summed E-state index contributed by atoms with van der Waals surface area (Å²) in [6, 6.07) is 2.13. The fraction of sp³-hybridized carbons (Fsp3) is 0.647. The van der Waals surface area contributed by atoms with Gasteiger partial charge in [-0.1, -0.05) is 0 Å². The number of rotatable bonds is 2. The Bertz CT molecular complexity index is 672. The Morgan fingerprint density at radius 2 is 2.00 bits per heavy atom. The summed E-state index contributed by atoms with van der Waals surface area (Å²) >= 11 is 1.77. The van der Waals surface area contributed by atoms with E-state index in [1.165, 1.54) is 15.9 Å². The average molecular weight is 320 g/mol. The number of nitrogens with zero attached hydrogens (tertiary/aromatic N) is 2. The molecule has 0 radical (unpaired) electrons. The van der Waals surface area contributed by atoms with Gasteiger partial charge in [-0.2, -0.15) is 5.10 Å². The van der Waals surface area contributed by atoms with Crippen molar-refractivity contribution in [2.75, 3.05) is 0 Å². The molecule has 0 aliphatic heterocycles. The van der Waals surface area contributed by atoms with Gasteiger partial charge in [0.05, 0.1) is 21.8 Å². The second-order valence-electron chi connectivity index (χ2n) is 7.23. The number of ether oxygens (including phenoxy) is 1. The molecule has 0 N–H and O–H groups in total. The molecule has 1 aliphatic carbocycles. The first kappa shape index (κ1) is 15.5. The van der Waals surface area contributed by atoms with Crippen LogP contribution < -0.4 is 0 Å². The quantitative estimate of drug-likeness (QED) is 0.777. The molecule has 5 heteroatoms. The van der Waals surface area contributed by atoms with E-state index in [1.54, 1.807) is 11.3 Å². The van der Waals surface area contributed by atoms with Gasteiger partial charge >= 0.3 is 5.97 Å². The van der Waals surface area contributed by atoms with Crippen LogP contribution in [-0.2, 0) is 16.6 Å². The minimum absolute atomic E-state index is 0.0340. The summed E-state index contributed by atoms with van der Waals surface area (Å²) in [4.78, 5) is 12.2. The molecule has 0 bridgehead atoms. The van der Waals surface area contributed by atoms with Crippen molar-refractivity contribution in [2.45, 2.75) is 58.0 Å². The van der Waals surface area contributed by atoms with Gasteiger partial charge in [-0.15, -0.1) is 11.3 Å². The van der Waals surface area contributed by atoms with E-state index in [0.29, 0.717) is 5.92 Å². The van der Waals surface area contributed by atoms with Crippen LogP contribution in [0.1, 0.15) is 58.1 Å². The van der Waals surface area contributed by atoms with Crippen molar-refractivity contribution in [3.63, 3.8) is 0 Å². The number of fused-ring (bicyclic) bond motifs is 1. The predicted molar refractivity (Wildman–Crippen MR) is 89.1 cm³/mol. The number of thiophene rings is 1.